The smallest absolute Gasteiger partial charge is 0.272 e. The molecule has 0 saturated carbocycles. The van der Waals surface area contributed by atoms with Crippen LogP contribution in [0.15, 0.2) is 89.9 Å². The van der Waals surface area contributed by atoms with Crippen molar-refractivity contribution in [3.8, 4) is 0 Å². The Balaban J connectivity index is 1.69. The number of rotatable bonds is 6. The van der Waals surface area contributed by atoms with Crippen LogP contribution in [-0.4, -0.2) is 42.7 Å². The van der Waals surface area contributed by atoms with Crippen molar-refractivity contribution in [1.82, 2.24) is 10.6 Å². The van der Waals surface area contributed by atoms with Crippen LogP contribution in [0.1, 0.15) is 37.5 Å². The molecule has 0 fully saturated rings. The number of benzene rings is 3. The number of anilines is 1. The van der Waals surface area contributed by atoms with E-state index in [2.05, 4.69) is 10.6 Å². The van der Waals surface area contributed by atoms with E-state index in [1.54, 1.807) is 27.8 Å². The zero-order valence-corrected chi connectivity index (χ0v) is 21.6. The highest BCUT2D eigenvalue weighted by molar-refractivity contribution is 6.20. The van der Waals surface area contributed by atoms with Gasteiger partial charge in [0, 0.05) is 30.0 Å². The van der Waals surface area contributed by atoms with Crippen molar-refractivity contribution in [1.29, 1.82) is 0 Å². The molecule has 3 aromatic carbocycles. The Morgan fingerprint density at radius 2 is 1.51 bits per heavy atom. The van der Waals surface area contributed by atoms with Crippen LogP contribution in [0.2, 0.25) is 0 Å². The lowest BCUT2D eigenvalue weighted by Crippen LogP contribution is -2.55. The minimum atomic E-state index is -1.16. The maximum absolute atomic E-state index is 13.6. The fourth-order valence-corrected chi connectivity index (χ4v) is 4.11. The number of carbonyl (C=O) groups is 3. The molecule has 2 atom stereocenters. The highest BCUT2D eigenvalue weighted by Gasteiger charge is 2.34. The minimum Gasteiger partial charge on any atom is -0.344 e. The fraction of sp³-hybridized carbons (Fsp3) is 0.267. The first-order valence-electron chi connectivity index (χ1n) is 12.3. The molecule has 37 heavy (non-hydrogen) atoms. The number of para-hydroxylation sites is 1. The molecular weight excluding hydrogens is 464 g/mol. The standard InChI is InChI=1S/C30H32N4O3/c1-30(2,3)29(37)31-23(19-20-13-7-5-8-14-20)27(35)33-26-28(36)34(4)24-18-12-11-17-22(24)25(32-26)21-15-9-6-10-16-21/h5-18,23,26H,19H2,1-4H3,(H,31,37)(H,33,35). The zero-order chi connectivity index (χ0) is 26.6. The number of likely N-dealkylation sites (N-methyl/N-ethyl adjacent to an activating group) is 1. The summed E-state index contributed by atoms with van der Waals surface area (Å²) in [7, 11) is 1.67. The summed E-state index contributed by atoms with van der Waals surface area (Å²) in [5, 5.41) is 5.69. The van der Waals surface area contributed by atoms with Crippen LogP contribution < -0.4 is 15.5 Å². The van der Waals surface area contributed by atoms with Gasteiger partial charge in [-0.25, -0.2) is 4.99 Å². The second kappa shape index (κ2) is 10.8. The van der Waals surface area contributed by atoms with Crippen LogP contribution in [0.25, 0.3) is 0 Å². The molecular formula is C30H32N4O3. The lowest BCUT2D eigenvalue weighted by atomic mass is 9.94. The first-order chi connectivity index (χ1) is 17.6. The van der Waals surface area contributed by atoms with E-state index < -0.39 is 23.5 Å². The number of benzodiazepines with no additional fused rings is 1. The molecule has 190 valence electrons. The second-order valence-corrected chi connectivity index (χ2v) is 10.1. The number of aliphatic imine (C=N–C) groups is 1. The third-order valence-corrected chi connectivity index (χ3v) is 6.26. The molecule has 2 N–H and O–H groups in total. The number of carbonyl (C=O) groups excluding carboxylic acids is 3. The molecule has 0 aliphatic carbocycles. The van der Waals surface area contributed by atoms with E-state index in [4.69, 9.17) is 4.99 Å². The maximum Gasteiger partial charge on any atom is 0.272 e. The van der Waals surface area contributed by atoms with Crippen LogP contribution in [0.3, 0.4) is 0 Å². The molecule has 2 unspecified atom stereocenters. The van der Waals surface area contributed by atoms with E-state index in [0.717, 1.165) is 16.7 Å². The molecule has 1 heterocycles. The number of nitrogens with one attached hydrogen (secondary N) is 2. The van der Waals surface area contributed by atoms with Crippen molar-refractivity contribution in [2.75, 3.05) is 11.9 Å². The van der Waals surface area contributed by atoms with Crippen molar-refractivity contribution < 1.29 is 14.4 Å². The van der Waals surface area contributed by atoms with Crippen LogP contribution in [0.4, 0.5) is 5.69 Å². The summed E-state index contributed by atoms with van der Waals surface area (Å²) >= 11 is 0. The Bertz CT molecular complexity index is 1310. The molecule has 0 bridgehead atoms. The first kappa shape index (κ1) is 25.8. The molecule has 1 aliphatic heterocycles. The van der Waals surface area contributed by atoms with Gasteiger partial charge < -0.3 is 15.5 Å². The highest BCUT2D eigenvalue weighted by Crippen LogP contribution is 2.27. The lowest BCUT2D eigenvalue weighted by Gasteiger charge is -2.26. The van der Waals surface area contributed by atoms with Crippen molar-refractivity contribution in [2.24, 2.45) is 10.4 Å². The fourth-order valence-electron chi connectivity index (χ4n) is 4.11. The van der Waals surface area contributed by atoms with Crippen molar-refractivity contribution >= 4 is 29.1 Å². The van der Waals surface area contributed by atoms with Gasteiger partial charge in [0.25, 0.3) is 5.91 Å². The lowest BCUT2D eigenvalue weighted by molar-refractivity contribution is -0.134. The number of nitrogens with zero attached hydrogens (tertiary/aromatic N) is 2. The van der Waals surface area contributed by atoms with Crippen LogP contribution in [-0.2, 0) is 20.8 Å². The summed E-state index contributed by atoms with van der Waals surface area (Å²) in [4.78, 5) is 46.2. The summed E-state index contributed by atoms with van der Waals surface area (Å²) in [6.45, 7) is 5.37. The molecule has 3 aromatic rings. The van der Waals surface area contributed by atoms with Gasteiger partial charge in [-0.2, -0.15) is 0 Å². The van der Waals surface area contributed by atoms with Gasteiger partial charge in [0.2, 0.25) is 18.0 Å². The Labute approximate surface area is 217 Å². The highest BCUT2D eigenvalue weighted by atomic mass is 16.2. The molecule has 1 aliphatic rings. The summed E-state index contributed by atoms with van der Waals surface area (Å²) in [6.07, 6.45) is -0.884. The van der Waals surface area contributed by atoms with Crippen LogP contribution in [0, 0.1) is 5.41 Å². The van der Waals surface area contributed by atoms with E-state index in [1.165, 1.54) is 4.90 Å². The van der Waals surface area contributed by atoms with E-state index >= 15 is 0 Å². The Kier molecular flexibility index (Phi) is 7.53. The van der Waals surface area contributed by atoms with Crippen LogP contribution in [0.5, 0.6) is 0 Å². The van der Waals surface area contributed by atoms with Gasteiger partial charge in [0.05, 0.1) is 11.4 Å². The summed E-state index contributed by atoms with van der Waals surface area (Å²) in [6, 6.07) is 25.7. The molecule has 4 rings (SSSR count). The molecule has 0 aromatic heterocycles. The molecule has 3 amide bonds. The van der Waals surface area contributed by atoms with E-state index in [-0.39, 0.29) is 18.2 Å². The van der Waals surface area contributed by atoms with Gasteiger partial charge >= 0.3 is 0 Å². The third-order valence-electron chi connectivity index (χ3n) is 6.26. The second-order valence-electron chi connectivity index (χ2n) is 10.1. The van der Waals surface area contributed by atoms with Crippen molar-refractivity contribution in [3.63, 3.8) is 0 Å². The Morgan fingerprint density at radius 3 is 2.16 bits per heavy atom. The number of fused-ring (bicyclic) bond motifs is 1. The van der Waals surface area contributed by atoms with E-state index in [1.807, 2.05) is 84.9 Å². The molecule has 0 saturated heterocycles. The van der Waals surface area contributed by atoms with Crippen LogP contribution >= 0.6 is 0 Å². The zero-order valence-electron chi connectivity index (χ0n) is 21.6. The van der Waals surface area contributed by atoms with Gasteiger partial charge in [-0.15, -0.1) is 0 Å². The van der Waals surface area contributed by atoms with E-state index in [9.17, 15) is 14.4 Å². The predicted octanol–water partition coefficient (Wildman–Crippen LogP) is 3.72. The summed E-state index contributed by atoms with van der Waals surface area (Å²) in [5.74, 6) is -1.10. The topological polar surface area (TPSA) is 90.9 Å². The Hall–Kier alpha value is -4.26. The quantitative estimate of drug-likeness (QED) is 0.545. The number of hydrogen-bond acceptors (Lipinski definition) is 4. The normalized spacial score (nSPS) is 16.2. The van der Waals surface area contributed by atoms with Gasteiger partial charge in [-0.05, 0) is 11.6 Å². The number of amides is 3. The average Bonchev–Trinajstić information content (AvgIpc) is 2.99. The largest absolute Gasteiger partial charge is 0.344 e. The first-order valence-corrected chi connectivity index (χ1v) is 12.3. The monoisotopic (exact) mass is 496 g/mol. The Morgan fingerprint density at radius 1 is 0.919 bits per heavy atom. The molecule has 7 nitrogen and oxygen atoms in total. The van der Waals surface area contributed by atoms with Crippen molar-refractivity contribution in [2.45, 2.75) is 39.4 Å². The van der Waals surface area contributed by atoms with Gasteiger partial charge in [0.15, 0.2) is 0 Å². The third kappa shape index (κ3) is 5.94. The summed E-state index contributed by atoms with van der Waals surface area (Å²) < 4.78 is 0. The van der Waals surface area contributed by atoms with Gasteiger partial charge in [0.1, 0.15) is 6.04 Å². The van der Waals surface area contributed by atoms with Crippen molar-refractivity contribution in [3.05, 3.63) is 102 Å². The SMILES string of the molecule is CN1C(=O)C(NC(=O)C(Cc2ccccc2)NC(=O)C(C)(C)C)N=C(c2ccccc2)c2ccccc21. The number of hydrogen-bond donors (Lipinski definition) is 2. The molecule has 0 radical (unpaired) electrons. The van der Waals surface area contributed by atoms with Gasteiger partial charge in [-0.3, -0.25) is 14.4 Å². The van der Waals surface area contributed by atoms with E-state index in [0.29, 0.717) is 11.4 Å². The molecule has 7 heteroatoms. The average molecular weight is 497 g/mol. The molecule has 0 spiro atoms. The predicted molar refractivity (Wildman–Crippen MR) is 145 cm³/mol. The minimum absolute atomic E-state index is 0.256. The summed E-state index contributed by atoms with van der Waals surface area (Å²) in [5.41, 5.74) is 3.14. The van der Waals surface area contributed by atoms with Gasteiger partial charge in [-0.1, -0.05) is 99.6 Å². The maximum atomic E-state index is 13.6.